The number of halogens is 1. The lowest BCUT2D eigenvalue weighted by Crippen LogP contribution is -2.12. The molecule has 1 aliphatic rings. The van der Waals surface area contributed by atoms with Gasteiger partial charge in [0.05, 0.1) is 5.69 Å². The summed E-state index contributed by atoms with van der Waals surface area (Å²) in [7, 11) is 0. The molecule has 1 amide bonds. The summed E-state index contributed by atoms with van der Waals surface area (Å²) in [6.07, 6.45) is 5.00. The van der Waals surface area contributed by atoms with Crippen molar-refractivity contribution < 1.29 is 9.18 Å². The molecule has 1 fully saturated rings. The van der Waals surface area contributed by atoms with E-state index < -0.39 is 0 Å². The molecule has 1 aromatic carbocycles. The first kappa shape index (κ1) is 12.9. The lowest BCUT2D eigenvalue weighted by Gasteiger charge is -2.13. The highest BCUT2D eigenvalue weighted by Gasteiger charge is 2.15. The molecule has 4 heteroatoms. The highest BCUT2D eigenvalue weighted by Crippen LogP contribution is 2.26. The summed E-state index contributed by atoms with van der Waals surface area (Å²) in [6, 6.07) is 4.59. The van der Waals surface area contributed by atoms with Crippen LogP contribution in [-0.4, -0.2) is 12.5 Å². The van der Waals surface area contributed by atoms with Crippen molar-refractivity contribution in [2.45, 2.75) is 32.6 Å². The minimum atomic E-state index is -0.276. The van der Waals surface area contributed by atoms with Crippen LogP contribution in [0.4, 0.5) is 15.8 Å². The summed E-state index contributed by atoms with van der Waals surface area (Å²) >= 11 is 0. The number of carbonyl (C=O) groups is 1. The maximum Gasteiger partial charge on any atom is 0.221 e. The normalized spacial score (nSPS) is 15.7. The Morgan fingerprint density at radius 2 is 2.11 bits per heavy atom. The minimum absolute atomic E-state index is 0.150. The largest absolute Gasteiger partial charge is 0.382 e. The third-order valence-corrected chi connectivity index (χ3v) is 3.34. The van der Waals surface area contributed by atoms with Gasteiger partial charge in [-0.1, -0.05) is 12.8 Å². The Bertz CT molecular complexity index is 428. The zero-order valence-corrected chi connectivity index (χ0v) is 10.6. The van der Waals surface area contributed by atoms with Gasteiger partial charge in [-0.05, 0) is 37.0 Å². The quantitative estimate of drug-likeness (QED) is 0.860. The van der Waals surface area contributed by atoms with E-state index in [0.29, 0.717) is 17.3 Å². The Hall–Kier alpha value is -1.58. The van der Waals surface area contributed by atoms with Crippen LogP contribution >= 0.6 is 0 Å². The van der Waals surface area contributed by atoms with Crippen LogP contribution in [-0.2, 0) is 4.79 Å². The Labute approximate surface area is 107 Å². The standard InChI is InChI=1S/C14H19FN2O/c1-10(18)17-12-6-7-13(15)14(8-12)16-9-11-4-2-3-5-11/h6-8,11,16H,2-5,9H2,1H3,(H,17,18). The first-order valence-corrected chi connectivity index (χ1v) is 6.46. The van der Waals surface area contributed by atoms with Crippen LogP contribution in [0, 0.1) is 11.7 Å². The number of hydrogen-bond donors (Lipinski definition) is 2. The molecular formula is C14H19FN2O. The fraction of sp³-hybridized carbons (Fsp3) is 0.500. The van der Waals surface area contributed by atoms with Gasteiger partial charge in [0.25, 0.3) is 0 Å². The molecule has 0 atom stereocenters. The van der Waals surface area contributed by atoms with Crippen LogP contribution in [0.5, 0.6) is 0 Å². The van der Waals surface area contributed by atoms with E-state index in [4.69, 9.17) is 0 Å². The van der Waals surface area contributed by atoms with E-state index in [1.807, 2.05) is 0 Å². The fourth-order valence-electron chi connectivity index (χ4n) is 2.41. The zero-order valence-electron chi connectivity index (χ0n) is 10.6. The lowest BCUT2D eigenvalue weighted by molar-refractivity contribution is -0.114. The monoisotopic (exact) mass is 250 g/mol. The van der Waals surface area contributed by atoms with Crippen LogP contribution in [0.1, 0.15) is 32.6 Å². The maximum absolute atomic E-state index is 13.6. The number of rotatable bonds is 4. The molecule has 0 radical (unpaired) electrons. The Kier molecular flexibility index (Phi) is 4.18. The van der Waals surface area contributed by atoms with Gasteiger partial charge in [0.1, 0.15) is 5.82 Å². The second-order valence-electron chi connectivity index (χ2n) is 4.91. The molecule has 0 aromatic heterocycles. The minimum Gasteiger partial charge on any atom is -0.382 e. The molecule has 0 spiro atoms. The third-order valence-electron chi connectivity index (χ3n) is 3.34. The number of benzene rings is 1. The van der Waals surface area contributed by atoms with Crippen LogP contribution in [0.25, 0.3) is 0 Å². The molecule has 2 rings (SSSR count). The van der Waals surface area contributed by atoms with Gasteiger partial charge in [0, 0.05) is 19.2 Å². The molecule has 3 nitrogen and oxygen atoms in total. The lowest BCUT2D eigenvalue weighted by atomic mass is 10.1. The molecule has 1 saturated carbocycles. The predicted octanol–water partition coefficient (Wildman–Crippen LogP) is 3.39. The van der Waals surface area contributed by atoms with Crippen molar-refractivity contribution in [1.29, 1.82) is 0 Å². The van der Waals surface area contributed by atoms with Crippen LogP contribution in [0.15, 0.2) is 18.2 Å². The Morgan fingerprint density at radius 1 is 1.39 bits per heavy atom. The summed E-state index contributed by atoms with van der Waals surface area (Å²) in [5.74, 6) is 0.222. The number of hydrogen-bond acceptors (Lipinski definition) is 2. The van der Waals surface area contributed by atoms with Gasteiger partial charge in [-0.3, -0.25) is 4.79 Å². The summed E-state index contributed by atoms with van der Waals surface area (Å²) < 4.78 is 13.6. The number of amides is 1. The van der Waals surface area contributed by atoms with Crippen molar-refractivity contribution in [3.8, 4) is 0 Å². The maximum atomic E-state index is 13.6. The van der Waals surface area contributed by atoms with Gasteiger partial charge in [-0.2, -0.15) is 0 Å². The van der Waals surface area contributed by atoms with Gasteiger partial charge < -0.3 is 10.6 Å². The fourth-order valence-corrected chi connectivity index (χ4v) is 2.41. The number of carbonyl (C=O) groups excluding carboxylic acids is 1. The van der Waals surface area contributed by atoms with Crippen molar-refractivity contribution in [2.75, 3.05) is 17.2 Å². The van der Waals surface area contributed by atoms with Crippen LogP contribution in [0.3, 0.4) is 0 Å². The summed E-state index contributed by atoms with van der Waals surface area (Å²) in [5, 5.41) is 5.80. The summed E-state index contributed by atoms with van der Waals surface area (Å²) in [5.41, 5.74) is 1.09. The van der Waals surface area contributed by atoms with Gasteiger partial charge >= 0.3 is 0 Å². The van der Waals surface area contributed by atoms with Crippen LogP contribution in [0.2, 0.25) is 0 Å². The molecule has 2 N–H and O–H groups in total. The predicted molar refractivity (Wildman–Crippen MR) is 71.2 cm³/mol. The van der Waals surface area contributed by atoms with E-state index in [2.05, 4.69) is 10.6 Å². The van der Waals surface area contributed by atoms with Gasteiger partial charge in [-0.25, -0.2) is 4.39 Å². The van der Waals surface area contributed by atoms with Crippen molar-refractivity contribution >= 4 is 17.3 Å². The van der Waals surface area contributed by atoms with E-state index in [-0.39, 0.29) is 11.7 Å². The second kappa shape index (κ2) is 5.85. The first-order chi connectivity index (χ1) is 8.65. The number of nitrogens with one attached hydrogen (secondary N) is 2. The van der Waals surface area contributed by atoms with Crippen molar-refractivity contribution in [2.24, 2.45) is 5.92 Å². The van der Waals surface area contributed by atoms with Gasteiger partial charge in [0.2, 0.25) is 5.91 Å². The molecule has 1 aromatic rings. The molecular weight excluding hydrogens is 231 g/mol. The van der Waals surface area contributed by atoms with E-state index >= 15 is 0 Å². The first-order valence-electron chi connectivity index (χ1n) is 6.46. The molecule has 0 unspecified atom stereocenters. The van der Waals surface area contributed by atoms with E-state index in [1.165, 1.54) is 38.7 Å². The van der Waals surface area contributed by atoms with Gasteiger partial charge in [0.15, 0.2) is 0 Å². The Balaban J connectivity index is 1.98. The molecule has 98 valence electrons. The number of anilines is 2. The Morgan fingerprint density at radius 3 is 2.78 bits per heavy atom. The highest BCUT2D eigenvalue weighted by molar-refractivity contribution is 5.89. The molecule has 0 heterocycles. The zero-order chi connectivity index (χ0) is 13.0. The molecule has 0 bridgehead atoms. The SMILES string of the molecule is CC(=O)Nc1ccc(F)c(NCC2CCCC2)c1. The van der Waals surface area contributed by atoms with E-state index in [1.54, 1.807) is 12.1 Å². The van der Waals surface area contributed by atoms with Crippen molar-refractivity contribution in [1.82, 2.24) is 0 Å². The highest BCUT2D eigenvalue weighted by atomic mass is 19.1. The average molecular weight is 250 g/mol. The van der Waals surface area contributed by atoms with Crippen LogP contribution < -0.4 is 10.6 Å². The summed E-state index contributed by atoms with van der Waals surface area (Å²) in [6.45, 7) is 2.25. The van der Waals surface area contributed by atoms with E-state index in [9.17, 15) is 9.18 Å². The summed E-state index contributed by atoms with van der Waals surface area (Å²) in [4.78, 5) is 11.0. The average Bonchev–Trinajstić information content (AvgIpc) is 2.82. The van der Waals surface area contributed by atoms with E-state index in [0.717, 1.165) is 6.54 Å². The topological polar surface area (TPSA) is 41.1 Å². The van der Waals surface area contributed by atoms with Crippen molar-refractivity contribution in [3.63, 3.8) is 0 Å². The molecule has 0 saturated heterocycles. The molecule has 1 aliphatic carbocycles. The second-order valence-corrected chi connectivity index (χ2v) is 4.91. The van der Waals surface area contributed by atoms with Crippen molar-refractivity contribution in [3.05, 3.63) is 24.0 Å². The smallest absolute Gasteiger partial charge is 0.221 e. The molecule has 0 aliphatic heterocycles. The van der Waals surface area contributed by atoms with Gasteiger partial charge in [-0.15, -0.1) is 0 Å². The third kappa shape index (κ3) is 3.45. The molecule has 18 heavy (non-hydrogen) atoms.